The summed E-state index contributed by atoms with van der Waals surface area (Å²) in [7, 11) is 1.21. The number of carboxylic acid groups (broad SMARTS) is 1. The molecule has 0 saturated carbocycles. The topological polar surface area (TPSA) is 59.4 Å². The van der Waals surface area contributed by atoms with Gasteiger partial charge in [0.25, 0.3) is 0 Å². The Morgan fingerprint density at radius 3 is 2.28 bits per heavy atom. The van der Waals surface area contributed by atoms with Crippen molar-refractivity contribution in [1.82, 2.24) is 4.98 Å². The molecule has 0 unspecified atom stereocenters. The highest BCUT2D eigenvalue weighted by atomic mass is 19.1. The number of benzene rings is 2. The SMILES string of the molecule is CCCCc1cnc(-c2cc(F)c(OC)c(F)c2)c(-c2ccc(C(=O)O)cc2)c1. The summed E-state index contributed by atoms with van der Waals surface area (Å²) >= 11 is 0. The van der Waals surface area contributed by atoms with Gasteiger partial charge in [-0.05, 0) is 54.3 Å². The average molecular weight is 397 g/mol. The molecule has 0 spiro atoms. The molecule has 0 aliphatic rings. The molecule has 1 N–H and O–H groups in total. The number of unbranched alkanes of at least 4 members (excludes halogenated alkanes) is 1. The summed E-state index contributed by atoms with van der Waals surface area (Å²) in [6.45, 7) is 2.09. The third-order valence-corrected chi connectivity index (χ3v) is 4.68. The number of hydrogen-bond acceptors (Lipinski definition) is 3. The van der Waals surface area contributed by atoms with Gasteiger partial charge in [0, 0.05) is 17.3 Å². The Hall–Kier alpha value is -3.28. The van der Waals surface area contributed by atoms with Gasteiger partial charge in [0.15, 0.2) is 17.4 Å². The summed E-state index contributed by atoms with van der Waals surface area (Å²) in [6.07, 6.45) is 4.55. The van der Waals surface area contributed by atoms with Crippen molar-refractivity contribution in [2.75, 3.05) is 7.11 Å². The van der Waals surface area contributed by atoms with Crippen LogP contribution in [0.4, 0.5) is 8.78 Å². The standard InChI is InChI=1S/C23H21F2NO3/c1-3-4-5-14-10-18(15-6-8-16(9-7-15)23(27)28)21(26-13-14)17-11-19(24)22(29-2)20(25)12-17/h6-13H,3-5H2,1-2H3,(H,27,28). The Labute approximate surface area is 167 Å². The minimum atomic E-state index is -1.02. The number of halogens is 2. The fourth-order valence-electron chi connectivity index (χ4n) is 3.16. The lowest BCUT2D eigenvalue weighted by Crippen LogP contribution is -1.98. The predicted octanol–water partition coefficient (Wildman–Crippen LogP) is 5.74. The molecule has 3 aromatic rings. The van der Waals surface area contributed by atoms with E-state index in [-0.39, 0.29) is 11.1 Å². The van der Waals surface area contributed by atoms with Crippen LogP contribution in [0.3, 0.4) is 0 Å². The van der Waals surface area contributed by atoms with E-state index in [1.54, 1.807) is 18.3 Å². The Morgan fingerprint density at radius 2 is 1.72 bits per heavy atom. The van der Waals surface area contributed by atoms with Gasteiger partial charge in [-0.15, -0.1) is 0 Å². The van der Waals surface area contributed by atoms with E-state index >= 15 is 0 Å². The molecule has 0 radical (unpaired) electrons. The number of aromatic nitrogens is 1. The summed E-state index contributed by atoms with van der Waals surface area (Å²) in [5.74, 6) is -3.09. The van der Waals surface area contributed by atoms with Crippen LogP contribution < -0.4 is 4.74 Å². The Balaban J connectivity index is 2.15. The van der Waals surface area contributed by atoms with Crippen molar-refractivity contribution >= 4 is 5.97 Å². The van der Waals surface area contributed by atoms with Gasteiger partial charge in [-0.3, -0.25) is 4.98 Å². The molecule has 1 heterocycles. The number of aromatic carboxylic acids is 1. The third kappa shape index (κ3) is 4.42. The number of nitrogens with zero attached hydrogens (tertiary/aromatic N) is 1. The molecule has 0 amide bonds. The first-order valence-electron chi connectivity index (χ1n) is 9.30. The monoisotopic (exact) mass is 397 g/mol. The van der Waals surface area contributed by atoms with Gasteiger partial charge in [-0.2, -0.15) is 0 Å². The van der Waals surface area contributed by atoms with Crippen molar-refractivity contribution in [3.05, 3.63) is 71.4 Å². The van der Waals surface area contributed by atoms with Crippen LogP contribution in [0.1, 0.15) is 35.7 Å². The van der Waals surface area contributed by atoms with E-state index in [9.17, 15) is 13.6 Å². The lowest BCUT2D eigenvalue weighted by molar-refractivity contribution is 0.0697. The lowest BCUT2D eigenvalue weighted by Gasteiger charge is -2.13. The highest BCUT2D eigenvalue weighted by molar-refractivity contribution is 5.89. The number of carbonyl (C=O) groups is 1. The van der Waals surface area contributed by atoms with Gasteiger partial charge in [-0.25, -0.2) is 13.6 Å². The molecule has 0 aliphatic heterocycles. The smallest absolute Gasteiger partial charge is 0.335 e. The number of aryl methyl sites for hydroxylation is 1. The van der Waals surface area contributed by atoms with Gasteiger partial charge < -0.3 is 9.84 Å². The van der Waals surface area contributed by atoms with Gasteiger partial charge in [-0.1, -0.05) is 25.5 Å². The number of hydrogen-bond donors (Lipinski definition) is 1. The zero-order chi connectivity index (χ0) is 21.0. The molecule has 2 aromatic carbocycles. The Kier molecular flexibility index (Phi) is 6.22. The van der Waals surface area contributed by atoms with Crippen LogP contribution in [0.25, 0.3) is 22.4 Å². The van der Waals surface area contributed by atoms with Crippen molar-refractivity contribution in [3.8, 4) is 28.1 Å². The fourth-order valence-corrected chi connectivity index (χ4v) is 3.16. The number of pyridine rings is 1. The Morgan fingerprint density at radius 1 is 1.07 bits per heavy atom. The number of ether oxygens (including phenoxy) is 1. The Bertz CT molecular complexity index is 1010. The van der Waals surface area contributed by atoms with Crippen molar-refractivity contribution < 1.29 is 23.4 Å². The zero-order valence-corrected chi connectivity index (χ0v) is 16.2. The molecule has 3 rings (SSSR count). The van der Waals surface area contributed by atoms with Crippen molar-refractivity contribution in [2.24, 2.45) is 0 Å². The highest BCUT2D eigenvalue weighted by Gasteiger charge is 2.17. The third-order valence-electron chi connectivity index (χ3n) is 4.68. The van der Waals surface area contributed by atoms with Crippen LogP contribution in [0.2, 0.25) is 0 Å². The van der Waals surface area contributed by atoms with Crippen LogP contribution in [0, 0.1) is 11.6 Å². The fraction of sp³-hybridized carbons (Fsp3) is 0.217. The minimum absolute atomic E-state index is 0.159. The van der Waals surface area contributed by atoms with Crippen LogP contribution in [-0.4, -0.2) is 23.2 Å². The molecule has 6 heteroatoms. The van der Waals surface area contributed by atoms with Crippen molar-refractivity contribution in [2.45, 2.75) is 26.2 Å². The van der Waals surface area contributed by atoms with Crippen LogP contribution in [0.5, 0.6) is 5.75 Å². The quantitative estimate of drug-likeness (QED) is 0.552. The maximum Gasteiger partial charge on any atom is 0.335 e. The first-order chi connectivity index (χ1) is 13.9. The summed E-state index contributed by atoms with van der Waals surface area (Å²) in [4.78, 5) is 15.6. The molecular weight excluding hydrogens is 376 g/mol. The molecule has 0 saturated heterocycles. The number of rotatable bonds is 7. The first-order valence-corrected chi connectivity index (χ1v) is 9.30. The second-order valence-electron chi connectivity index (χ2n) is 6.70. The summed E-state index contributed by atoms with van der Waals surface area (Å²) in [5.41, 5.74) is 3.25. The van der Waals surface area contributed by atoms with Crippen LogP contribution >= 0.6 is 0 Å². The van der Waals surface area contributed by atoms with Gasteiger partial charge >= 0.3 is 5.97 Å². The normalized spacial score (nSPS) is 10.8. The molecule has 0 fully saturated rings. The molecule has 0 atom stereocenters. The largest absolute Gasteiger partial charge is 0.491 e. The predicted molar refractivity (Wildman–Crippen MR) is 107 cm³/mol. The van der Waals surface area contributed by atoms with Gasteiger partial charge in [0.1, 0.15) is 0 Å². The van der Waals surface area contributed by atoms with E-state index in [1.165, 1.54) is 31.4 Å². The average Bonchev–Trinajstić information content (AvgIpc) is 2.72. The van der Waals surface area contributed by atoms with E-state index in [4.69, 9.17) is 9.84 Å². The molecule has 150 valence electrons. The van der Waals surface area contributed by atoms with E-state index in [2.05, 4.69) is 11.9 Å². The maximum absolute atomic E-state index is 14.3. The van der Waals surface area contributed by atoms with E-state index < -0.39 is 23.4 Å². The van der Waals surface area contributed by atoms with Crippen LogP contribution in [0.15, 0.2) is 48.7 Å². The number of methoxy groups -OCH3 is 1. The molecule has 1 aromatic heterocycles. The van der Waals surface area contributed by atoms with E-state index in [0.717, 1.165) is 24.8 Å². The van der Waals surface area contributed by atoms with E-state index in [1.807, 2.05) is 6.07 Å². The first kappa shape index (κ1) is 20.5. The summed E-state index contributed by atoms with van der Waals surface area (Å²) < 4.78 is 33.3. The van der Waals surface area contributed by atoms with E-state index in [0.29, 0.717) is 16.8 Å². The molecular formula is C23H21F2NO3. The van der Waals surface area contributed by atoms with Crippen LogP contribution in [-0.2, 0) is 6.42 Å². The lowest BCUT2D eigenvalue weighted by atomic mass is 9.95. The second-order valence-corrected chi connectivity index (χ2v) is 6.70. The molecule has 0 bridgehead atoms. The number of carboxylic acids is 1. The minimum Gasteiger partial charge on any atom is -0.491 e. The van der Waals surface area contributed by atoms with Gasteiger partial charge in [0.2, 0.25) is 0 Å². The van der Waals surface area contributed by atoms with Crippen molar-refractivity contribution in [1.29, 1.82) is 0 Å². The molecule has 29 heavy (non-hydrogen) atoms. The summed E-state index contributed by atoms with van der Waals surface area (Å²) in [6, 6.07) is 10.6. The molecule has 4 nitrogen and oxygen atoms in total. The highest BCUT2D eigenvalue weighted by Crippen LogP contribution is 2.35. The summed E-state index contributed by atoms with van der Waals surface area (Å²) in [5, 5.41) is 9.12. The second kappa shape index (κ2) is 8.82. The van der Waals surface area contributed by atoms with Crippen molar-refractivity contribution in [3.63, 3.8) is 0 Å². The van der Waals surface area contributed by atoms with Gasteiger partial charge in [0.05, 0.1) is 18.4 Å². The zero-order valence-electron chi connectivity index (χ0n) is 16.2. The molecule has 0 aliphatic carbocycles. The maximum atomic E-state index is 14.3.